The molecule has 1 N–H and O–H groups in total. The number of rotatable bonds is 2. The van der Waals surface area contributed by atoms with Gasteiger partial charge < -0.3 is 9.52 Å². The van der Waals surface area contributed by atoms with Crippen LogP contribution in [0.3, 0.4) is 0 Å². The zero-order valence-corrected chi connectivity index (χ0v) is 14.8. The van der Waals surface area contributed by atoms with E-state index < -0.39 is 45.4 Å². The van der Waals surface area contributed by atoms with Crippen molar-refractivity contribution in [1.82, 2.24) is 4.57 Å². The zero-order valence-electron chi connectivity index (χ0n) is 14.8. The van der Waals surface area contributed by atoms with Crippen molar-refractivity contribution in [2.45, 2.75) is 18.0 Å². The minimum absolute atomic E-state index is 0.0149. The van der Waals surface area contributed by atoms with Gasteiger partial charge in [-0.1, -0.05) is 18.2 Å². The monoisotopic (exact) mass is 447 g/mol. The first-order valence-electron chi connectivity index (χ1n) is 8.36. The van der Waals surface area contributed by atoms with Crippen molar-refractivity contribution in [3.63, 3.8) is 0 Å². The molecule has 0 aliphatic carbocycles. The van der Waals surface area contributed by atoms with Crippen molar-refractivity contribution in [3.05, 3.63) is 68.3 Å². The first kappa shape index (κ1) is 20.7. The first-order chi connectivity index (χ1) is 14.3. The maximum absolute atomic E-state index is 14.1. The van der Waals surface area contributed by atoms with Crippen molar-refractivity contribution in [2.75, 3.05) is 0 Å². The summed E-state index contributed by atoms with van der Waals surface area (Å²) in [4.78, 5) is 25.6. The largest absolute Gasteiger partial charge is 0.505 e. The molecule has 31 heavy (non-hydrogen) atoms. The molecule has 4 rings (SSSR count). The summed E-state index contributed by atoms with van der Waals surface area (Å²) < 4.78 is 98.8. The quantitative estimate of drug-likeness (QED) is 0.289. The average molecular weight is 447 g/mol. The number of hydrogen-bond acceptors (Lipinski definition) is 4. The lowest BCUT2D eigenvalue weighted by atomic mass is 10.0. The Kier molecular flexibility index (Phi) is 4.15. The molecule has 2 aromatic rings. The second kappa shape index (κ2) is 6.22. The van der Waals surface area contributed by atoms with Crippen molar-refractivity contribution in [3.8, 4) is 5.69 Å². The number of halogens is 7. The smallest absolute Gasteiger partial charge is 0.460 e. The van der Waals surface area contributed by atoms with Crippen LogP contribution in [0.4, 0.5) is 30.7 Å². The molecule has 0 fully saturated rings. The number of nitrogens with zero attached hydrogens (tertiary/aromatic N) is 1. The first-order valence-corrected chi connectivity index (χ1v) is 8.36. The third kappa shape index (κ3) is 2.63. The van der Waals surface area contributed by atoms with Crippen molar-refractivity contribution in [1.29, 1.82) is 0 Å². The Hall–Kier alpha value is -3.57. The minimum Gasteiger partial charge on any atom is -0.505 e. The molecule has 0 unspecified atom stereocenters. The van der Waals surface area contributed by atoms with Gasteiger partial charge in [0, 0.05) is 0 Å². The van der Waals surface area contributed by atoms with Gasteiger partial charge in [0.2, 0.25) is 5.43 Å². The van der Waals surface area contributed by atoms with E-state index in [0.29, 0.717) is 4.57 Å². The summed E-state index contributed by atoms with van der Waals surface area (Å²) in [6, 6.07) is 9.07. The summed E-state index contributed by atoms with van der Waals surface area (Å²) in [6.45, 7) is 0. The standard InChI is InChI=1S/C19H8F7NO4/c20-17(21,18(22,23)19(24,25)26)15(29)12-14(28)8-4-3-7-11-13(8)27(16(12)30)9-5-1-2-6-10(9)31-11/h1-7,29H. The number of fused-ring (bicyclic) bond motifs is 2. The molecule has 2 aliphatic rings. The molecular formula is C19H8F7NO4. The number of pyridine rings is 1. The summed E-state index contributed by atoms with van der Waals surface area (Å²) in [5, 5.41) is 7.34. The molecule has 0 saturated heterocycles. The summed E-state index contributed by atoms with van der Waals surface area (Å²) in [5.74, 6) is -16.0. The summed E-state index contributed by atoms with van der Waals surface area (Å²) in [7, 11) is 0. The van der Waals surface area contributed by atoms with Crippen LogP contribution in [-0.2, 0) is 0 Å². The van der Waals surface area contributed by atoms with E-state index in [2.05, 4.69) is 0 Å². The van der Waals surface area contributed by atoms with Crippen molar-refractivity contribution < 1.29 is 40.3 Å². The maximum Gasteiger partial charge on any atom is 0.460 e. The molecule has 5 nitrogen and oxygen atoms in total. The van der Waals surface area contributed by atoms with Gasteiger partial charge in [-0.3, -0.25) is 14.2 Å². The molecule has 2 heterocycles. The molecular weight excluding hydrogens is 439 g/mol. The number of aliphatic hydroxyl groups excluding tert-OH is 1. The molecule has 0 spiro atoms. The van der Waals surface area contributed by atoms with Crippen molar-refractivity contribution >= 4 is 27.8 Å². The van der Waals surface area contributed by atoms with Crippen LogP contribution < -0.4 is 16.2 Å². The van der Waals surface area contributed by atoms with E-state index >= 15 is 0 Å². The van der Waals surface area contributed by atoms with Gasteiger partial charge in [-0.15, -0.1) is 0 Å². The third-order valence-electron chi connectivity index (χ3n) is 4.72. The van der Waals surface area contributed by atoms with Crippen LogP contribution in [0.5, 0.6) is 0 Å². The number of aromatic nitrogens is 1. The number of para-hydroxylation sites is 3. The lowest BCUT2D eigenvalue weighted by Gasteiger charge is -2.27. The maximum atomic E-state index is 14.1. The highest BCUT2D eigenvalue weighted by atomic mass is 19.4. The molecule has 0 radical (unpaired) electrons. The molecule has 0 atom stereocenters. The fourth-order valence-corrected chi connectivity index (χ4v) is 3.23. The lowest BCUT2D eigenvalue weighted by molar-refractivity contribution is -0.342. The van der Waals surface area contributed by atoms with Gasteiger partial charge in [0.05, 0.1) is 10.9 Å². The van der Waals surface area contributed by atoms with Crippen LogP contribution >= 0.6 is 0 Å². The Morgan fingerprint density at radius 2 is 1.48 bits per heavy atom. The molecule has 0 bridgehead atoms. The Labute approximate surface area is 165 Å². The summed E-state index contributed by atoms with van der Waals surface area (Å²) >= 11 is 0. The summed E-state index contributed by atoms with van der Waals surface area (Å²) in [6.07, 6.45) is -6.78. The SMILES string of the molecule is O=c1c(=C(O)C(F)(F)C(F)(F)C(F)(F)F)c(=O)n2c3ccccc3oc3cccc1c3-2. The number of alkyl halides is 7. The van der Waals surface area contributed by atoms with Crippen molar-refractivity contribution in [2.24, 2.45) is 0 Å². The number of benzene rings is 2. The van der Waals surface area contributed by atoms with E-state index in [4.69, 9.17) is 4.42 Å². The van der Waals surface area contributed by atoms with E-state index in [9.17, 15) is 45.4 Å². The molecule has 0 saturated carbocycles. The molecule has 2 aliphatic heterocycles. The van der Waals surface area contributed by atoms with E-state index in [0.717, 1.165) is 6.07 Å². The van der Waals surface area contributed by atoms with E-state index in [1.165, 1.54) is 36.4 Å². The second-order valence-electron chi connectivity index (χ2n) is 6.56. The van der Waals surface area contributed by atoms with Gasteiger partial charge in [0.15, 0.2) is 16.9 Å². The number of hydrogen-bond donors (Lipinski definition) is 1. The van der Waals surface area contributed by atoms with Gasteiger partial charge in [-0.25, -0.2) is 0 Å². The van der Waals surface area contributed by atoms with Gasteiger partial charge in [-0.05, 0) is 24.3 Å². The van der Waals surface area contributed by atoms with Gasteiger partial charge >= 0.3 is 18.0 Å². The van der Waals surface area contributed by atoms with Crippen LogP contribution in [0.15, 0.2) is 56.5 Å². The molecule has 12 heteroatoms. The van der Waals surface area contributed by atoms with Gasteiger partial charge in [-0.2, -0.15) is 30.7 Å². The minimum atomic E-state index is -6.78. The van der Waals surface area contributed by atoms with Crippen LogP contribution in [0, 0.1) is 0 Å². The Morgan fingerprint density at radius 3 is 2.13 bits per heavy atom. The number of aliphatic hydroxyl groups is 1. The highest BCUT2D eigenvalue weighted by molar-refractivity contribution is 5.89. The topological polar surface area (TPSA) is 72.4 Å². The van der Waals surface area contributed by atoms with Crippen LogP contribution in [0.1, 0.15) is 0 Å². The predicted octanol–water partition coefficient (Wildman–Crippen LogP) is 3.75. The van der Waals surface area contributed by atoms with E-state index in [1.54, 1.807) is 0 Å². The Balaban J connectivity index is 2.29. The molecule has 2 aromatic carbocycles. The van der Waals surface area contributed by atoms with Gasteiger partial charge in [0.25, 0.3) is 5.56 Å². The predicted molar refractivity (Wildman–Crippen MR) is 94.0 cm³/mol. The normalized spacial score (nSPS) is 14.5. The highest BCUT2D eigenvalue weighted by Gasteiger charge is 2.75. The molecule has 162 valence electrons. The zero-order chi connectivity index (χ0) is 22.9. The third-order valence-corrected chi connectivity index (χ3v) is 4.72. The molecule has 0 aromatic heterocycles. The fraction of sp³-hybridized carbons (Fsp3) is 0.158. The van der Waals surface area contributed by atoms with E-state index in [1.807, 2.05) is 0 Å². The van der Waals surface area contributed by atoms with Crippen LogP contribution in [0.25, 0.3) is 33.5 Å². The van der Waals surface area contributed by atoms with Crippen LogP contribution in [-0.4, -0.2) is 27.7 Å². The Bertz CT molecular complexity index is 1480. The fourth-order valence-electron chi connectivity index (χ4n) is 3.23. The molecule has 0 amide bonds. The average Bonchev–Trinajstić information content (AvgIpc) is 2.69. The Morgan fingerprint density at radius 1 is 0.871 bits per heavy atom. The second-order valence-corrected chi connectivity index (χ2v) is 6.56. The lowest BCUT2D eigenvalue weighted by Crippen LogP contribution is -2.57. The van der Waals surface area contributed by atoms with E-state index in [-0.39, 0.29) is 22.4 Å². The van der Waals surface area contributed by atoms with Gasteiger partial charge in [0.1, 0.15) is 10.9 Å². The summed E-state index contributed by atoms with van der Waals surface area (Å²) in [5.41, 5.74) is -3.74. The van der Waals surface area contributed by atoms with Crippen LogP contribution in [0.2, 0.25) is 0 Å². The highest BCUT2D eigenvalue weighted by Crippen LogP contribution is 2.49.